The van der Waals surface area contributed by atoms with E-state index >= 15 is 0 Å². The van der Waals surface area contributed by atoms with Crippen LogP contribution in [0.1, 0.15) is 11.1 Å². The molecular formula is C28H18F6N10O4. The average molecular weight is 673 g/mol. The van der Waals surface area contributed by atoms with E-state index in [2.05, 4.69) is 30.8 Å². The van der Waals surface area contributed by atoms with E-state index in [1.165, 1.54) is 6.07 Å². The number of ether oxygens (including phenoxy) is 2. The molecule has 0 amide bonds. The lowest BCUT2D eigenvalue weighted by molar-refractivity contribution is -0.388. The number of nitrogens with two attached hydrogens (primary N) is 1. The molecular weight excluding hydrogens is 654 g/mol. The van der Waals surface area contributed by atoms with Gasteiger partial charge in [-0.2, -0.15) is 26.3 Å². The zero-order chi connectivity index (χ0) is 34.5. The molecule has 0 bridgehead atoms. The van der Waals surface area contributed by atoms with Crippen LogP contribution in [-0.4, -0.2) is 45.3 Å². The van der Waals surface area contributed by atoms with Gasteiger partial charge in [-0.1, -0.05) is 56.8 Å². The second kappa shape index (κ2) is 13.4. The van der Waals surface area contributed by atoms with E-state index in [9.17, 15) is 36.5 Å². The maximum atomic E-state index is 13.0. The number of nitrogen functional groups attached to an aromatic ring is 1. The minimum atomic E-state index is -4.90. The van der Waals surface area contributed by atoms with Crippen LogP contribution in [0.5, 0.6) is 23.5 Å². The number of nitro groups is 1. The van der Waals surface area contributed by atoms with Gasteiger partial charge in [0, 0.05) is 11.8 Å². The highest BCUT2D eigenvalue weighted by atomic mass is 19.4. The number of aromatic nitrogens is 8. The molecule has 20 heteroatoms. The van der Waals surface area contributed by atoms with Crippen LogP contribution in [0.15, 0.2) is 97.1 Å². The summed E-state index contributed by atoms with van der Waals surface area (Å²) in [4.78, 5) is 11.4. The van der Waals surface area contributed by atoms with Crippen molar-refractivity contribution >= 4 is 11.4 Å². The molecule has 0 aliphatic carbocycles. The van der Waals surface area contributed by atoms with Gasteiger partial charge in [-0.3, -0.25) is 10.1 Å². The van der Waals surface area contributed by atoms with Gasteiger partial charge in [0.25, 0.3) is 5.69 Å². The lowest BCUT2D eigenvalue weighted by Crippen LogP contribution is -2.11. The molecule has 2 heterocycles. The van der Waals surface area contributed by atoms with Gasteiger partial charge in [0.1, 0.15) is 17.1 Å². The van der Waals surface area contributed by atoms with Crippen molar-refractivity contribution in [3.05, 3.63) is 118 Å². The summed E-state index contributed by atoms with van der Waals surface area (Å²) in [6.45, 7) is 0. The summed E-state index contributed by atoms with van der Waals surface area (Å²) in [5.74, 6) is 0.905. The quantitative estimate of drug-likeness (QED) is 0.0855. The van der Waals surface area contributed by atoms with Crippen molar-refractivity contribution in [2.45, 2.75) is 12.4 Å². The average Bonchev–Trinajstić information content (AvgIpc) is 3.71. The predicted octanol–water partition coefficient (Wildman–Crippen LogP) is 6.44. The highest BCUT2D eigenvalue weighted by molar-refractivity contribution is 5.53. The number of para-hydroxylation sites is 2. The molecule has 0 saturated carbocycles. The van der Waals surface area contributed by atoms with Gasteiger partial charge in [0.05, 0.1) is 21.9 Å². The first-order chi connectivity index (χ1) is 22.8. The fraction of sp³-hybridized carbons (Fsp3) is 0.0714. The summed E-state index contributed by atoms with van der Waals surface area (Å²) in [7, 11) is 0. The first-order valence-electron chi connectivity index (χ1n) is 13.2. The highest BCUT2D eigenvalue weighted by Crippen LogP contribution is 2.37. The lowest BCUT2D eigenvalue weighted by atomic mass is 10.1. The first kappa shape index (κ1) is 32.8. The number of anilines is 1. The first-order valence-corrected chi connectivity index (χ1v) is 13.2. The summed E-state index contributed by atoms with van der Waals surface area (Å²) >= 11 is 0. The van der Waals surface area contributed by atoms with Crippen LogP contribution in [0, 0.1) is 10.1 Å². The molecule has 14 nitrogen and oxygen atoms in total. The molecule has 0 aliphatic rings. The van der Waals surface area contributed by atoms with E-state index in [0.29, 0.717) is 17.6 Å². The topological polar surface area (TPSA) is 175 Å². The van der Waals surface area contributed by atoms with Crippen LogP contribution < -0.4 is 15.2 Å². The monoisotopic (exact) mass is 672 g/mol. The van der Waals surface area contributed by atoms with E-state index < -0.39 is 34.1 Å². The molecule has 2 aromatic heterocycles. The zero-order valence-electron chi connectivity index (χ0n) is 23.7. The van der Waals surface area contributed by atoms with Crippen LogP contribution in [0.25, 0.3) is 11.4 Å². The standard InChI is InChI=1S/C14H8F3N5O3.C14H10F3N5O/c15-14(16,17)11-8-9(6-7-12(11)22(23)24)21-19-13(18-20-21)25-10-4-2-1-3-5-10;15-14(16,17)11-8-9(6-7-12(11)18)22-20-13(19-21-22)23-10-4-2-1-3-5-10/h1-8H;1-8H,18H2. The SMILES string of the molecule is Nc1ccc(-n2nnc(Oc3ccccc3)n2)cc1C(F)(F)F.O=[N+]([O-])c1ccc(-n2nnc(Oc3ccccc3)n2)cc1C(F)(F)F. The number of nitrogens with zero attached hydrogens (tertiary/aromatic N) is 9. The number of benzene rings is 4. The Balaban J connectivity index is 0.000000188. The number of tetrazole rings is 2. The number of hydrogen-bond acceptors (Lipinski definition) is 11. The minimum absolute atomic E-state index is 0.0712. The highest BCUT2D eigenvalue weighted by Gasteiger charge is 2.39. The molecule has 0 saturated heterocycles. The molecule has 0 fully saturated rings. The minimum Gasteiger partial charge on any atom is -0.422 e. The van der Waals surface area contributed by atoms with E-state index in [1.54, 1.807) is 54.6 Å². The van der Waals surface area contributed by atoms with E-state index in [4.69, 9.17) is 15.2 Å². The van der Waals surface area contributed by atoms with Gasteiger partial charge < -0.3 is 15.2 Å². The number of nitro benzene ring substituents is 1. The Morgan fingerprint density at radius 2 is 1.08 bits per heavy atom. The fourth-order valence-corrected chi connectivity index (χ4v) is 3.84. The number of rotatable bonds is 7. The summed E-state index contributed by atoms with van der Waals surface area (Å²) in [6.07, 6.45) is -9.47. The van der Waals surface area contributed by atoms with Gasteiger partial charge in [-0.25, -0.2) is 0 Å². The number of alkyl halides is 6. The van der Waals surface area contributed by atoms with Crippen molar-refractivity contribution in [3.8, 4) is 34.9 Å². The van der Waals surface area contributed by atoms with Gasteiger partial charge in [-0.15, -0.1) is 9.59 Å². The maximum Gasteiger partial charge on any atom is 0.423 e. The van der Waals surface area contributed by atoms with Crippen molar-refractivity contribution in [3.63, 3.8) is 0 Å². The number of hydrogen-bond donors (Lipinski definition) is 1. The van der Waals surface area contributed by atoms with Crippen LogP contribution in [-0.2, 0) is 12.4 Å². The molecule has 0 unspecified atom stereocenters. The van der Waals surface area contributed by atoms with E-state index in [-0.39, 0.29) is 29.1 Å². The Bertz CT molecular complexity index is 2020. The Morgan fingerprint density at radius 1 is 0.646 bits per heavy atom. The van der Waals surface area contributed by atoms with Crippen LogP contribution in [0.3, 0.4) is 0 Å². The molecule has 2 N–H and O–H groups in total. The van der Waals surface area contributed by atoms with Crippen molar-refractivity contribution in [2.75, 3.05) is 5.73 Å². The third kappa shape index (κ3) is 7.97. The summed E-state index contributed by atoms with van der Waals surface area (Å²) in [6, 6.07) is 22.6. The van der Waals surface area contributed by atoms with Crippen LogP contribution >= 0.6 is 0 Å². The number of halogens is 6. The molecule has 6 aromatic rings. The fourth-order valence-electron chi connectivity index (χ4n) is 3.84. The van der Waals surface area contributed by atoms with Gasteiger partial charge >= 0.3 is 24.4 Å². The van der Waals surface area contributed by atoms with Gasteiger partial charge in [0.15, 0.2) is 0 Å². The zero-order valence-corrected chi connectivity index (χ0v) is 23.7. The van der Waals surface area contributed by atoms with Crippen molar-refractivity contribution in [1.29, 1.82) is 0 Å². The Hall–Kier alpha value is -6.60. The van der Waals surface area contributed by atoms with Crippen LogP contribution in [0.4, 0.5) is 37.7 Å². The van der Waals surface area contributed by atoms with Crippen LogP contribution in [0.2, 0.25) is 0 Å². The largest absolute Gasteiger partial charge is 0.423 e. The molecule has 246 valence electrons. The molecule has 6 rings (SSSR count). The third-order valence-corrected chi connectivity index (χ3v) is 5.98. The molecule has 4 aromatic carbocycles. The molecule has 0 atom stereocenters. The molecule has 0 radical (unpaired) electrons. The van der Waals surface area contributed by atoms with Crippen molar-refractivity contribution < 1.29 is 40.7 Å². The van der Waals surface area contributed by atoms with E-state index in [0.717, 1.165) is 33.9 Å². The molecule has 48 heavy (non-hydrogen) atoms. The van der Waals surface area contributed by atoms with Crippen molar-refractivity contribution in [1.82, 2.24) is 40.4 Å². The summed E-state index contributed by atoms with van der Waals surface area (Å²) in [5.41, 5.74) is 1.48. The lowest BCUT2D eigenvalue weighted by Gasteiger charge is -2.10. The van der Waals surface area contributed by atoms with E-state index in [1.807, 2.05) is 6.07 Å². The molecule has 0 spiro atoms. The van der Waals surface area contributed by atoms with Crippen molar-refractivity contribution in [2.24, 2.45) is 0 Å². The second-order valence-corrected chi connectivity index (χ2v) is 9.28. The smallest absolute Gasteiger partial charge is 0.422 e. The Labute approximate surface area is 264 Å². The Morgan fingerprint density at radius 3 is 1.52 bits per heavy atom. The maximum absolute atomic E-state index is 13.0. The summed E-state index contributed by atoms with van der Waals surface area (Å²) in [5, 5.41) is 33.0. The Kier molecular flexibility index (Phi) is 9.16. The second-order valence-electron chi connectivity index (χ2n) is 9.28. The predicted molar refractivity (Wildman–Crippen MR) is 152 cm³/mol. The normalized spacial score (nSPS) is 11.4. The van der Waals surface area contributed by atoms with Gasteiger partial charge in [-0.05, 0) is 65.0 Å². The van der Waals surface area contributed by atoms with Gasteiger partial charge in [0.2, 0.25) is 0 Å². The third-order valence-electron chi connectivity index (χ3n) is 5.98. The summed E-state index contributed by atoms with van der Waals surface area (Å²) < 4.78 is 88.3. The molecule has 0 aliphatic heterocycles.